The number of ether oxygens (including phenoxy) is 4. The van der Waals surface area contributed by atoms with E-state index in [1.165, 1.54) is 0 Å². The molecule has 190 valence electrons. The van der Waals surface area contributed by atoms with Crippen LogP contribution in [-0.4, -0.2) is 49.9 Å². The van der Waals surface area contributed by atoms with Gasteiger partial charge in [0.25, 0.3) is 0 Å². The van der Waals surface area contributed by atoms with Crippen LogP contribution in [0.25, 0.3) is 21.5 Å². The summed E-state index contributed by atoms with van der Waals surface area (Å²) in [6.07, 6.45) is 1.81. The predicted octanol–water partition coefficient (Wildman–Crippen LogP) is 5.25. The predicted molar refractivity (Wildman–Crippen MR) is 142 cm³/mol. The maximum atomic E-state index is 8.83. The average molecular weight is 491 g/mol. The molecule has 0 aliphatic rings. The van der Waals surface area contributed by atoms with Crippen LogP contribution in [0.5, 0.6) is 11.5 Å². The van der Waals surface area contributed by atoms with Crippen molar-refractivity contribution in [1.29, 1.82) is 0 Å². The summed E-state index contributed by atoms with van der Waals surface area (Å²) in [7, 11) is 0. The summed E-state index contributed by atoms with van der Waals surface area (Å²) in [6, 6.07) is 24.7. The number of benzene rings is 4. The second kappa shape index (κ2) is 13.8. The summed E-state index contributed by atoms with van der Waals surface area (Å²) in [6.45, 7) is 3.05. The Morgan fingerprint density at radius 3 is 1.33 bits per heavy atom. The fraction of sp³-hybridized carbons (Fsp3) is 0.333. The van der Waals surface area contributed by atoms with Gasteiger partial charge in [-0.2, -0.15) is 0 Å². The standard InChI is InChI=1S/C30H34O6/c31-11-15-33-21-23-3-5-27-19-29(9-7-25(27)17-23)35-13-1-2-14-36-30-10-8-26-18-24(22-34-16-12-32)4-6-28(26)20-30/h3-10,17-20,31-32H,1-2,11-16,21-22H2. The number of rotatable bonds is 15. The fourth-order valence-electron chi connectivity index (χ4n) is 4.00. The number of fused-ring (bicyclic) bond motifs is 2. The van der Waals surface area contributed by atoms with E-state index in [4.69, 9.17) is 29.2 Å². The quantitative estimate of drug-likeness (QED) is 0.222. The highest BCUT2D eigenvalue weighted by molar-refractivity contribution is 5.85. The van der Waals surface area contributed by atoms with Gasteiger partial charge in [0, 0.05) is 0 Å². The van der Waals surface area contributed by atoms with E-state index in [0.29, 0.717) is 39.6 Å². The molecule has 0 aliphatic carbocycles. The third-order valence-electron chi connectivity index (χ3n) is 5.84. The van der Waals surface area contributed by atoms with Crippen molar-refractivity contribution in [3.8, 4) is 11.5 Å². The van der Waals surface area contributed by atoms with E-state index in [0.717, 1.165) is 57.0 Å². The van der Waals surface area contributed by atoms with Crippen LogP contribution in [0.4, 0.5) is 0 Å². The molecule has 0 fully saturated rings. The topological polar surface area (TPSA) is 77.4 Å². The van der Waals surface area contributed by atoms with Crippen LogP contribution in [0, 0.1) is 0 Å². The van der Waals surface area contributed by atoms with Crippen LogP contribution in [0.2, 0.25) is 0 Å². The van der Waals surface area contributed by atoms with E-state index in [-0.39, 0.29) is 13.2 Å². The van der Waals surface area contributed by atoms with Gasteiger partial charge in [0.1, 0.15) is 11.5 Å². The molecule has 0 heterocycles. The molecule has 0 spiro atoms. The van der Waals surface area contributed by atoms with E-state index < -0.39 is 0 Å². The van der Waals surface area contributed by atoms with E-state index in [9.17, 15) is 0 Å². The number of aliphatic hydroxyl groups excluding tert-OH is 2. The lowest BCUT2D eigenvalue weighted by molar-refractivity contribution is 0.0816. The highest BCUT2D eigenvalue weighted by Crippen LogP contribution is 2.24. The summed E-state index contributed by atoms with van der Waals surface area (Å²) in [4.78, 5) is 0. The van der Waals surface area contributed by atoms with Gasteiger partial charge in [0.15, 0.2) is 0 Å². The van der Waals surface area contributed by atoms with Crippen LogP contribution in [-0.2, 0) is 22.7 Å². The minimum atomic E-state index is 0.0365. The lowest BCUT2D eigenvalue weighted by Gasteiger charge is -2.10. The third-order valence-corrected chi connectivity index (χ3v) is 5.84. The summed E-state index contributed by atoms with van der Waals surface area (Å²) >= 11 is 0. The first-order valence-electron chi connectivity index (χ1n) is 12.4. The Balaban J connectivity index is 1.18. The van der Waals surface area contributed by atoms with Gasteiger partial charge in [-0.05, 0) is 81.9 Å². The van der Waals surface area contributed by atoms with Gasteiger partial charge in [-0.25, -0.2) is 0 Å². The Kier molecular flexibility index (Phi) is 9.94. The number of aliphatic hydroxyl groups is 2. The van der Waals surface area contributed by atoms with E-state index >= 15 is 0 Å². The minimum absolute atomic E-state index is 0.0365. The van der Waals surface area contributed by atoms with Crippen molar-refractivity contribution < 1.29 is 29.2 Å². The Morgan fingerprint density at radius 1 is 0.472 bits per heavy atom. The zero-order chi connectivity index (χ0) is 25.0. The van der Waals surface area contributed by atoms with Gasteiger partial charge in [-0.15, -0.1) is 0 Å². The van der Waals surface area contributed by atoms with Crippen molar-refractivity contribution in [3.63, 3.8) is 0 Å². The Labute approximate surface area is 212 Å². The van der Waals surface area contributed by atoms with Crippen molar-refractivity contribution in [2.75, 3.05) is 39.6 Å². The Morgan fingerprint density at radius 2 is 0.889 bits per heavy atom. The van der Waals surface area contributed by atoms with Crippen LogP contribution in [0.1, 0.15) is 24.0 Å². The van der Waals surface area contributed by atoms with Crippen LogP contribution in [0.3, 0.4) is 0 Å². The SMILES string of the molecule is OCCOCc1ccc2cc(OCCCCOc3ccc4cc(COCCO)ccc4c3)ccc2c1. The monoisotopic (exact) mass is 490 g/mol. The summed E-state index contributed by atoms with van der Waals surface area (Å²) in [5, 5.41) is 22.2. The molecule has 0 aliphatic heterocycles. The molecule has 0 amide bonds. The number of hydrogen-bond donors (Lipinski definition) is 2. The molecule has 0 unspecified atom stereocenters. The van der Waals surface area contributed by atoms with Crippen molar-refractivity contribution in [2.45, 2.75) is 26.1 Å². The molecule has 0 saturated heterocycles. The lowest BCUT2D eigenvalue weighted by atomic mass is 10.1. The van der Waals surface area contributed by atoms with Crippen molar-refractivity contribution in [2.24, 2.45) is 0 Å². The largest absolute Gasteiger partial charge is 0.494 e. The average Bonchev–Trinajstić information content (AvgIpc) is 2.91. The zero-order valence-electron chi connectivity index (χ0n) is 20.5. The maximum Gasteiger partial charge on any atom is 0.119 e. The molecule has 2 N–H and O–H groups in total. The first kappa shape index (κ1) is 25.9. The normalized spacial score (nSPS) is 11.3. The van der Waals surface area contributed by atoms with E-state index in [1.807, 2.05) is 24.3 Å². The highest BCUT2D eigenvalue weighted by Gasteiger charge is 2.03. The number of unbranched alkanes of at least 4 members (excludes halogenated alkanes) is 1. The van der Waals surface area contributed by atoms with E-state index in [2.05, 4.69) is 48.5 Å². The molecule has 36 heavy (non-hydrogen) atoms. The fourth-order valence-corrected chi connectivity index (χ4v) is 4.00. The number of hydrogen-bond acceptors (Lipinski definition) is 6. The Hall–Kier alpha value is -3.16. The van der Waals surface area contributed by atoms with Gasteiger partial charge in [-0.3, -0.25) is 0 Å². The molecule has 0 saturated carbocycles. The molecule has 0 radical (unpaired) electrons. The second-order valence-corrected chi connectivity index (χ2v) is 8.64. The van der Waals surface area contributed by atoms with Crippen molar-refractivity contribution in [3.05, 3.63) is 83.9 Å². The van der Waals surface area contributed by atoms with Gasteiger partial charge in [0.2, 0.25) is 0 Å². The lowest BCUT2D eigenvalue weighted by Crippen LogP contribution is -2.02. The first-order chi connectivity index (χ1) is 17.7. The van der Waals surface area contributed by atoms with Crippen LogP contribution >= 0.6 is 0 Å². The third kappa shape index (κ3) is 7.67. The first-order valence-corrected chi connectivity index (χ1v) is 12.4. The molecule has 6 heteroatoms. The minimum Gasteiger partial charge on any atom is -0.494 e. The van der Waals surface area contributed by atoms with Gasteiger partial charge < -0.3 is 29.2 Å². The van der Waals surface area contributed by atoms with Gasteiger partial charge in [-0.1, -0.05) is 36.4 Å². The molecule has 0 bridgehead atoms. The van der Waals surface area contributed by atoms with Crippen molar-refractivity contribution in [1.82, 2.24) is 0 Å². The Bertz CT molecular complexity index is 1140. The van der Waals surface area contributed by atoms with Crippen LogP contribution < -0.4 is 9.47 Å². The molecule has 4 aromatic rings. The second-order valence-electron chi connectivity index (χ2n) is 8.64. The molecular formula is C30H34O6. The molecule has 0 aromatic heterocycles. The summed E-state index contributed by atoms with van der Waals surface area (Å²) in [5.74, 6) is 1.73. The molecule has 0 atom stereocenters. The molecule has 6 nitrogen and oxygen atoms in total. The van der Waals surface area contributed by atoms with Gasteiger partial charge in [0.05, 0.1) is 52.9 Å². The highest BCUT2D eigenvalue weighted by atomic mass is 16.5. The summed E-state index contributed by atoms with van der Waals surface area (Å²) in [5.41, 5.74) is 2.18. The maximum absolute atomic E-state index is 8.83. The smallest absolute Gasteiger partial charge is 0.119 e. The molecule has 4 rings (SSSR count). The molecular weight excluding hydrogens is 456 g/mol. The van der Waals surface area contributed by atoms with Crippen LogP contribution in [0.15, 0.2) is 72.8 Å². The van der Waals surface area contributed by atoms with E-state index in [1.54, 1.807) is 0 Å². The summed E-state index contributed by atoms with van der Waals surface area (Å²) < 4.78 is 22.7. The van der Waals surface area contributed by atoms with Crippen molar-refractivity contribution >= 4 is 21.5 Å². The zero-order valence-corrected chi connectivity index (χ0v) is 20.5. The molecule has 4 aromatic carbocycles. The van der Waals surface area contributed by atoms with Gasteiger partial charge >= 0.3 is 0 Å².